The van der Waals surface area contributed by atoms with Crippen molar-refractivity contribution in [1.82, 2.24) is 0 Å². The van der Waals surface area contributed by atoms with Crippen molar-refractivity contribution in [1.29, 1.82) is 0 Å². The largest absolute Gasteiger partial charge is 0.432 e. The van der Waals surface area contributed by atoms with Crippen LogP contribution in [-0.2, 0) is 4.43 Å². The SMILES string of the molecule is CC(O[SiH](C)C)[SiH](C)CC[Si](C)(C)O. The summed E-state index contributed by atoms with van der Waals surface area (Å²) in [5.74, 6) is 0. The zero-order chi connectivity index (χ0) is 11.4. The molecular formula is C9H26O2Si3. The average Bonchev–Trinajstić information content (AvgIpc) is 1.97. The maximum absolute atomic E-state index is 9.76. The summed E-state index contributed by atoms with van der Waals surface area (Å²) >= 11 is 0. The van der Waals surface area contributed by atoms with E-state index in [1.165, 1.54) is 6.04 Å². The first kappa shape index (κ1) is 14.6. The fourth-order valence-electron chi connectivity index (χ4n) is 1.38. The van der Waals surface area contributed by atoms with Gasteiger partial charge in [0.2, 0.25) is 0 Å². The van der Waals surface area contributed by atoms with Crippen molar-refractivity contribution in [2.24, 2.45) is 0 Å². The van der Waals surface area contributed by atoms with E-state index in [1.807, 2.05) is 13.1 Å². The molecular weight excluding hydrogens is 224 g/mol. The van der Waals surface area contributed by atoms with Crippen molar-refractivity contribution in [2.75, 3.05) is 0 Å². The van der Waals surface area contributed by atoms with Gasteiger partial charge in [-0.1, -0.05) is 12.6 Å². The van der Waals surface area contributed by atoms with Crippen LogP contribution in [0.3, 0.4) is 0 Å². The number of hydrogen-bond donors (Lipinski definition) is 1. The van der Waals surface area contributed by atoms with Gasteiger partial charge in [0, 0.05) is 5.73 Å². The van der Waals surface area contributed by atoms with Gasteiger partial charge in [-0.15, -0.1) is 0 Å². The quantitative estimate of drug-likeness (QED) is 0.731. The lowest BCUT2D eigenvalue weighted by atomic mass is 10.9. The second-order valence-electron chi connectivity index (χ2n) is 5.22. The zero-order valence-corrected chi connectivity index (χ0v) is 13.8. The summed E-state index contributed by atoms with van der Waals surface area (Å²) in [6, 6.07) is 2.28. The second-order valence-corrected chi connectivity index (χ2v) is 15.2. The van der Waals surface area contributed by atoms with Crippen LogP contribution in [0.2, 0.25) is 44.8 Å². The standard InChI is InChI=1S/C9H26O2Si3/c1-9(11-12(2)3)13(4)7-8-14(5,6)10/h9-10,12-13H,7-8H2,1-6H3. The molecule has 1 N–H and O–H groups in total. The molecule has 0 aliphatic heterocycles. The van der Waals surface area contributed by atoms with E-state index in [9.17, 15) is 4.80 Å². The molecule has 0 aromatic rings. The van der Waals surface area contributed by atoms with E-state index in [-0.39, 0.29) is 0 Å². The van der Waals surface area contributed by atoms with E-state index < -0.39 is 26.2 Å². The molecule has 2 atom stereocenters. The molecule has 0 bridgehead atoms. The Balaban J connectivity index is 3.78. The van der Waals surface area contributed by atoms with E-state index in [0.29, 0.717) is 5.73 Å². The highest BCUT2D eigenvalue weighted by Gasteiger charge is 2.22. The highest BCUT2D eigenvalue weighted by molar-refractivity contribution is 6.72. The molecule has 14 heavy (non-hydrogen) atoms. The van der Waals surface area contributed by atoms with Crippen LogP contribution in [0.25, 0.3) is 0 Å². The summed E-state index contributed by atoms with van der Waals surface area (Å²) < 4.78 is 5.91. The van der Waals surface area contributed by atoms with Gasteiger partial charge >= 0.3 is 0 Å². The Morgan fingerprint density at radius 1 is 1.29 bits per heavy atom. The minimum Gasteiger partial charge on any atom is -0.432 e. The van der Waals surface area contributed by atoms with Crippen LogP contribution < -0.4 is 0 Å². The summed E-state index contributed by atoms with van der Waals surface area (Å²) in [6.45, 7) is 13.1. The molecule has 0 aromatic heterocycles. The summed E-state index contributed by atoms with van der Waals surface area (Å²) in [5.41, 5.74) is 0.498. The first-order valence-electron chi connectivity index (χ1n) is 5.60. The molecule has 0 amide bonds. The van der Waals surface area contributed by atoms with Gasteiger partial charge in [0.15, 0.2) is 17.4 Å². The molecule has 2 nitrogen and oxygen atoms in total. The lowest BCUT2D eigenvalue weighted by molar-refractivity contribution is 0.300. The van der Waals surface area contributed by atoms with Gasteiger partial charge in [-0.05, 0) is 39.2 Å². The monoisotopic (exact) mass is 250 g/mol. The Morgan fingerprint density at radius 2 is 1.79 bits per heavy atom. The predicted molar refractivity (Wildman–Crippen MR) is 71.8 cm³/mol. The average molecular weight is 251 g/mol. The Morgan fingerprint density at radius 3 is 2.14 bits per heavy atom. The summed E-state index contributed by atoms with van der Waals surface area (Å²) in [4.78, 5) is 9.76. The molecule has 0 aromatic carbocycles. The van der Waals surface area contributed by atoms with Crippen molar-refractivity contribution in [3.63, 3.8) is 0 Å². The lowest BCUT2D eigenvalue weighted by Gasteiger charge is -2.23. The molecule has 0 radical (unpaired) electrons. The van der Waals surface area contributed by atoms with Crippen LogP contribution in [0.15, 0.2) is 0 Å². The molecule has 0 fully saturated rings. The van der Waals surface area contributed by atoms with E-state index in [0.717, 1.165) is 6.04 Å². The molecule has 0 spiro atoms. The van der Waals surface area contributed by atoms with E-state index in [1.54, 1.807) is 0 Å². The molecule has 0 saturated heterocycles. The van der Waals surface area contributed by atoms with E-state index in [2.05, 4.69) is 26.6 Å². The van der Waals surface area contributed by atoms with Crippen LogP contribution in [0.5, 0.6) is 0 Å². The zero-order valence-electron chi connectivity index (χ0n) is 10.5. The first-order chi connectivity index (χ1) is 6.22. The van der Waals surface area contributed by atoms with Crippen molar-refractivity contribution in [3.05, 3.63) is 0 Å². The predicted octanol–water partition coefficient (Wildman–Crippen LogP) is 1.97. The summed E-state index contributed by atoms with van der Waals surface area (Å²) in [7, 11) is -3.45. The first-order valence-corrected chi connectivity index (χ1v) is 14.2. The minimum absolute atomic E-state index is 0.498. The summed E-state index contributed by atoms with van der Waals surface area (Å²) in [5, 5.41) is 0. The molecule has 0 rings (SSSR count). The molecule has 0 aliphatic rings. The third-order valence-corrected chi connectivity index (χ3v) is 8.84. The third-order valence-electron chi connectivity index (χ3n) is 2.50. The minimum atomic E-state index is -1.82. The highest BCUT2D eigenvalue weighted by atomic mass is 28.4. The van der Waals surface area contributed by atoms with Gasteiger partial charge in [0.05, 0.1) is 8.80 Å². The lowest BCUT2D eigenvalue weighted by Crippen LogP contribution is -2.34. The van der Waals surface area contributed by atoms with Gasteiger partial charge in [0.25, 0.3) is 0 Å². The molecule has 0 heterocycles. The Labute approximate surface area is 93.1 Å². The maximum Gasteiger partial charge on any atom is 0.182 e. The molecule has 0 saturated carbocycles. The van der Waals surface area contributed by atoms with Crippen molar-refractivity contribution in [2.45, 2.75) is 57.5 Å². The Bertz CT molecular complexity index is 157. The van der Waals surface area contributed by atoms with Crippen LogP contribution in [0.4, 0.5) is 0 Å². The molecule has 2 unspecified atom stereocenters. The van der Waals surface area contributed by atoms with Crippen molar-refractivity contribution < 1.29 is 9.22 Å². The van der Waals surface area contributed by atoms with Crippen molar-refractivity contribution >= 4 is 26.2 Å². The molecule has 86 valence electrons. The van der Waals surface area contributed by atoms with Gasteiger partial charge in [-0.25, -0.2) is 0 Å². The van der Waals surface area contributed by atoms with Crippen molar-refractivity contribution in [3.8, 4) is 0 Å². The van der Waals surface area contributed by atoms with E-state index >= 15 is 0 Å². The number of rotatable bonds is 6. The van der Waals surface area contributed by atoms with Gasteiger partial charge in [0.1, 0.15) is 0 Å². The highest BCUT2D eigenvalue weighted by Crippen LogP contribution is 2.14. The van der Waals surface area contributed by atoms with Crippen LogP contribution in [0.1, 0.15) is 6.92 Å². The Hall–Kier alpha value is 0.571. The normalized spacial score (nSPS) is 17.1. The van der Waals surface area contributed by atoms with Gasteiger partial charge in [-0.2, -0.15) is 0 Å². The van der Waals surface area contributed by atoms with Gasteiger partial charge < -0.3 is 9.22 Å². The van der Waals surface area contributed by atoms with Gasteiger partial charge in [-0.3, -0.25) is 0 Å². The molecule has 0 aliphatic carbocycles. The summed E-state index contributed by atoms with van der Waals surface area (Å²) in [6.07, 6.45) is 0. The van der Waals surface area contributed by atoms with Crippen LogP contribution in [-0.4, -0.2) is 36.7 Å². The fraction of sp³-hybridized carbons (Fsp3) is 1.00. The maximum atomic E-state index is 9.76. The number of hydrogen-bond acceptors (Lipinski definition) is 2. The second kappa shape index (κ2) is 6.22. The smallest absolute Gasteiger partial charge is 0.182 e. The van der Waals surface area contributed by atoms with Crippen LogP contribution >= 0.6 is 0 Å². The van der Waals surface area contributed by atoms with Crippen LogP contribution in [0, 0.1) is 0 Å². The fourth-order valence-corrected chi connectivity index (χ4v) is 9.37. The Kier molecular flexibility index (Phi) is 6.47. The molecule has 5 heteroatoms. The topological polar surface area (TPSA) is 29.5 Å². The third kappa shape index (κ3) is 7.93. The van der Waals surface area contributed by atoms with E-state index in [4.69, 9.17) is 4.43 Å².